The number of hydrogen-bond acceptors (Lipinski definition) is 2. The van der Waals surface area contributed by atoms with Gasteiger partial charge in [0.15, 0.2) is 0 Å². The lowest BCUT2D eigenvalue weighted by molar-refractivity contribution is -0.122. The van der Waals surface area contributed by atoms with E-state index in [1.54, 1.807) is 7.05 Å². The highest BCUT2D eigenvalue weighted by Crippen LogP contribution is 2.17. The summed E-state index contributed by atoms with van der Waals surface area (Å²) in [6, 6.07) is 10.3. The Balaban J connectivity index is 2.30. The molecule has 1 aromatic rings. The summed E-state index contributed by atoms with van der Waals surface area (Å²) < 4.78 is 0. The van der Waals surface area contributed by atoms with Crippen LogP contribution in [0.3, 0.4) is 0 Å². The van der Waals surface area contributed by atoms with E-state index in [-0.39, 0.29) is 11.9 Å². The molecule has 1 rings (SSSR count). The Morgan fingerprint density at radius 1 is 1.24 bits per heavy atom. The van der Waals surface area contributed by atoms with E-state index in [0.717, 1.165) is 13.0 Å². The van der Waals surface area contributed by atoms with Crippen LogP contribution in [0.15, 0.2) is 30.3 Å². The lowest BCUT2D eigenvalue weighted by atomic mass is 9.98. The number of amides is 1. The minimum atomic E-state index is -0.122. The molecule has 0 bridgehead atoms. The fraction of sp³-hybridized carbons (Fsp3) is 0.500. The van der Waals surface area contributed by atoms with E-state index >= 15 is 0 Å². The van der Waals surface area contributed by atoms with Crippen molar-refractivity contribution in [1.82, 2.24) is 10.6 Å². The summed E-state index contributed by atoms with van der Waals surface area (Å²) in [5.74, 6) is 0.554. The number of carbonyl (C=O) groups is 1. The normalized spacial score (nSPS) is 14.1. The molecule has 0 saturated heterocycles. The van der Waals surface area contributed by atoms with Gasteiger partial charge in [-0.25, -0.2) is 0 Å². The van der Waals surface area contributed by atoms with Gasteiger partial charge in [0.25, 0.3) is 0 Å². The molecule has 0 spiro atoms. The van der Waals surface area contributed by atoms with Crippen LogP contribution in [0, 0.1) is 0 Å². The van der Waals surface area contributed by atoms with Gasteiger partial charge in [0.05, 0.1) is 6.04 Å². The quantitative estimate of drug-likeness (QED) is 0.789. The van der Waals surface area contributed by atoms with Crippen LogP contribution in [0.25, 0.3) is 0 Å². The summed E-state index contributed by atoms with van der Waals surface area (Å²) in [7, 11) is 1.66. The highest BCUT2D eigenvalue weighted by Gasteiger charge is 2.10. The van der Waals surface area contributed by atoms with Gasteiger partial charge in [-0.1, -0.05) is 37.3 Å². The summed E-state index contributed by atoms with van der Waals surface area (Å²) in [5, 5.41) is 5.86. The average Bonchev–Trinajstić information content (AvgIpc) is 2.38. The second-order valence-electron chi connectivity index (χ2n) is 4.39. The molecule has 0 aromatic heterocycles. The molecule has 2 unspecified atom stereocenters. The van der Waals surface area contributed by atoms with Crippen LogP contribution >= 0.6 is 0 Å². The molecule has 0 aliphatic rings. The molecule has 2 atom stereocenters. The molecular weight excluding hydrogens is 212 g/mol. The van der Waals surface area contributed by atoms with E-state index in [0.29, 0.717) is 5.92 Å². The lowest BCUT2D eigenvalue weighted by Crippen LogP contribution is -2.41. The van der Waals surface area contributed by atoms with E-state index < -0.39 is 0 Å². The largest absolute Gasteiger partial charge is 0.358 e. The smallest absolute Gasteiger partial charge is 0.236 e. The summed E-state index contributed by atoms with van der Waals surface area (Å²) in [6.45, 7) is 4.94. The van der Waals surface area contributed by atoms with Crippen molar-refractivity contribution in [2.45, 2.75) is 32.2 Å². The van der Waals surface area contributed by atoms with Gasteiger partial charge in [-0.2, -0.15) is 0 Å². The van der Waals surface area contributed by atoms with E-state index in [9.17, 15) is 4.79 Å². The van der Waals surface area contributed by atoms with Crippen LogP contribution in [-0.4, -0.2) is 25.5 Å². The molecule has 1 amide bonds. The van der Waals surface area contributed by atoms with Crippen molar-refractivity contribution in [3.05, 3.63) is 35.9 Å². The van der Waals surface area contributed by atoms with Crippen molar-refractivity contribution < 1.29 is 4.79 Å². The zero-order valence-corrected chi connectivity index (χ0v) is 10.9. The van der Waals surface area contributed by atoms with Crippen LogP contribution < -0.4 is 10.6 Å². The second kappa shape index (κ2) is 7.07. The molecule has 0 radical (unpaired) electrons. The van der Waals surface area contributed by atoms with Gasteiger partial charge >= 0.3 is 0 Å². The zero-order chi connectivity index (χ0) is 12.7. The number of rotatable bonds is 6. The third-order valence-electron chi connectivity index (χ3n) is 3.04. The molecule has 0 aliphatic heterocycles. The highest BCUT2D eigenvalue weighted by molar-refractivity contribution is 5.80. The third kappa shape index (κ3) is 4.57. The number of hydrogen-bond donors (Lipinski definition) is 2. The van der Waals surface area contributed by atoms with E-state index in [2.05, 4.69) is 41.8 Å². The van der Waals surface area contributed by atoms with Gasteiger partial charge in [-0.15, -0.1) is 0 Å². The molecule has 17 heavy (non-hydrogen) atoms. The fourth-order valence-corrected chi connectivity index (χ4v) is 1.77. The first-order valence-electron chi connectivity index (χ1n) is 6.15. The van der Waals surface area contributed by atoms with Crippen molar-refractivity contribution in [2.24, 2.45) is 0 Å². The maximum absolute atomic E-state index is 11.3. The number of likely N-dealkylation sites (N-methyl/N-ethyl adjacent to an activating group) is 1. The van der Waals surface area contributed by atoms with E-state index in [1.165, 1.54) is 5.56 Å². The van der Waals surface area contributed by atoms with Gasteiger partial charge in [0.1, 0.15) is 0 Å². The van der Waals surface area contributed by atoms with Crippen LogP contribution in [0.1, 0.15) is 31.7 Å². The van der Waals surface area contributed by atoms with Gasteiger partial charge in [-0.05, 0) is 31.4 Å². The molecule has 0 aliphatic carbocycles. The monoisotopic (exact) mass is 234 g/mol. The molecule has 0 fully saturated rings. The van der Waals surface area contributed by atoms with Crippen molar-refractivity contribution in [3.63, 3.8) is 0 Å². The van der Waals surface area contributed by atoms with Crippen LogP contribution in [0.4, 0.5) is 0 Å². The van der Waals surface area contributed by atoms with Gasteiger partial charge in [0, 0.05) is 7.05 Å². The standard InChI is InChI=1S/C14H22N2O/c1-11(13-7-5-4-6-8-13)9-10-16-12(2)14(17)15-3/h4-8,11-12,16H,9-10H2,1-3H3,(H,15,17). The summed E-state index contributed by atoms with van der Waals surface area (Å²) in [4.78, 5) is 11.3. The lowest BCUT2D eigenvalue weighted by Gasteiger charge is -2.15. The molecular formula is C14H22N2O. The predicted octanol–water partition coefficient (Wildman–Crippen LogP) is 1.90. The SMILES string of the molecule is CNC(=O)C(C)NCCC(C)c1ccccc1. The number of carbonyl (C=O) groups excluding carboxylic acids is 1. The Labute approximate surface area is 104 Å². The molecule has 0 saturated carbocycles. The topological polar surface area (TPSA) is 41.1 Å². The molecule has 3 nitrogen and oxygen atoms in total. The predicted molar refractivity (Wildman–Crippen MR) is 71.0 cm³/mol. The summed E-state index contributed by atoms with van der Waals surface area (Å²) in [5.41, 5.74) is 1.35. The van der Waals surface area contributed by atoms with Gasteiger partial charge in [0.2, 0.25) is 5.91 Å². The molecule has 3 heteroatoms. The Hall–Kier alpha value is -1.35. The van der Waals surface area contributed by atoms with Crippen LogP contribution in [0.5, 0.6) is 0 Å². The van der Waals surface area contributed by atoms with Crippen molar-refractivity contribution >= 4 is 5.91 Å². The minimum Gasteiger partial charge on any atom is -0.358 e. The van der Waals surface area contributed by atoms with Crippen molar-refractivity contribution in [2.75, 3.05) is 13.6 Å². The number of nitrogens with one attached hydrogen (secondary N) is 2. The van der Waals surface area contributed by atoms with Crippen molar-refractivity contribution in [1.29, 1.82) is 0 Å². The maximum Gasteiger partial charge on any atom is 0.236 e. The van der Waals surface area contributed by atoms with Gasteiger partial charge in [-0.3, -0.25) is 4.79 Å². The first-order chi connectivity index (χ1) is 8.15. The average molecular weight is 234 g/mol. The maximum atomic E-state index is 11.3. The Morgan fingerprint density at radius 3 is 2.47 bits per heavy atom. The van der Waals surface area contributed by atoms with Crippen LogP contribution in [0.2, 0.25) is 0 Å². The molecule has 0 heterocycles. The van der Waals surface area contributed by atoms with E-state index in [4.69, 9.17) is 0 Å². The molecule has 1 aromatic carbocycles. The Bertz CT molecular complexity index is 337. The first-order valence-corrected chi connectivity index (χ1v) is 6.15. The van der Waals surface area contributed by atoms with Crippen LogP contribution in [-0.2, 0) is 4.79 Å². The Kier molecular flexibility index (Phi) is 5.70. The molecule has 94 valence electrons. The number of benzene rings is 1. The van der Waals surface area contributed by atoms with E-state index in [1.807, 2.05) is 13.0 Å². The minimum absolute atomic E-state index is 0.0392. The highest BCUT2D eigenvalue weighted by atomic mass is 16.2. The molecule has 2 N–H and O–H groups in total. The van der Waals surface area contributed by atoms with Crippen molar-refractivity contribution in [3.8, 4) is 0 Å². The zero-order valence-electron chi connectivity index (χ0n) is 10.9. The summed E-state index contributed by atoms with van der Waals surface area (Å²) in [6.07, 6.45) is 1.03. The van der Waals surface area contributed by atoms with Gasteiger partial charge < -0.3 is 10.6 Å². The second-order valence-corrected chi connectivity index (χ2v) is 4.39. The summed E-state index contributed by atoms with van der Waals surface area (Å²) >= 11 is 0. The first kappa shape index (κ1) is 13.7. The fourth-order valence-electron chi connectivity index (χ4n) is 1.77. The third-order valence-corrected chi connectivity index (χ3v) is 3.04. The Morgan fingerprint density at radius 2 is 1.88 bits per heavy atom.